The Labute approximate surface area is 91.1 Å². The fraction of sp³-hybridized carbons (Fsp3) is 0.818. The maximum absolute atomic E-state index is 4.15. The molecule has 1 heterocycles. The van der Waals surface area contributed by atoms with E-state index in [1.807, 2.05) is 13.2 Å². The SMILES string of the molecule is CCCNC(Cc1cn(C)nn1)C1CC1. The van der Waals surface area contributed by atoms with E-state index in [9.17, 15) is 0 Å². The van der Waals surface area contributed by atoms with Gasteiger partial charge in [0.2, 0.25) is 0 Å². The predicted octanol–water partition coefficient (Wildman–Crippen LogP) is 1.14. The fourth-order valence-corrected chi connectivity index (χ4v) is 1.95. The first-order valence-corrected chi connectivity index (χ1v) is 5.88. The van der Waals surface area contributed by atoms with Gasteiger partial charge in [-0.1, -0.05) is 12.1 Å². The van der Waals surface area contributed by atoms with Crippen molar-refractivity contribution < 1.29 is 0 Å². The molecule has 0 aromatic carbocycles. The number of rotatable bonds is 6. The van der Waals surface area contributed by atoms with Crippen LogP contribution in [0.4, 0.5) is 0 Å². The lowest BCUT2D eigenvalue weighted by Gasteiger charge is -2.16. The predicted molar refractivity (Wildman–Crippen MR) is 59.5 cm³/mol. The topological polar surface area (TPSA) is 42.7 Å². The van der Waals surface area contributed by atoms with Crippen LogP contribution in [0.1, 0.15) is 31.9 Å². The molecular weight excluding hydrogens is 188 g/mol. The molecule has 1 N–H and O–H groups in total. The quantitative estimate of drug-likeness (QED) is 0.762. The summed E-state index contributed by atoms with van der Waals surface area (Å²) in [6.45, 7) is 3.32. The highest BCUT2D eigenvalue weighted by molar-refractivity contribution is 4.99. The van der Waals surface area contributed by atoms with Crippen molar-refractivity contribution in [3.63, 3.8) is 0 Å². The van der Waals surface area contributed by atoms with Crippen LogP contribution >= 0.6 is 0 Å². The molecule has 15 heavy (non-hydrogen) atoms. The minimum Gasteiger partial charge on any atom is -0.313 e. The summed E-state index contributed by atoms with van der Waals surface area (Å²) in [5, 5.41) is 11.7. The van der Waals surface area contributed by atoms with E-state index in [0.717, 1.165) is 24.6 Å². The Kier molecular flexibility index (Phi) is 3.36. The van der Waals surface area contributed by atoms with Gasteiger partial charge in [-0.15, -0.1) is 5.10 Å². The molecule has 1 saturated carbocycles. The summed E-state index contributed by atoms with van der Waals surface area (Å²) < 4.78 is 1.78. The van der Waals surface area contributed by atoms with Gasteiger partial charge < -0.3 is 5.32 Å². The van der Waals surface area contributed by atoms with Crippen LogP contribution in [-0.4, -0.2) is 27.6 Å². The largest absolute Gasteiger partial charge is 0.313 e. The average molecular weight is 208 g/mol. The summed E-state index contributed by atoms with van der Waals surface area (Å²) in [4.78, 5) is 0. The van der Waals surface area contributed by atoms with Gasteiger partial charge in [-0.2, -0.15) is 0 Å². The molecule has 0 saturated heterocycles. The molecule has 1 aromatic heterocycles. The van der Waals surface area contributed by atoms with E-state index in [2.05, 4.69) is 22.6 Å². The molecule has 0 radical (unpaired) electrons. The van der Waals surface area contributed by atoms with Gasteiger partial charge in [0.25, 0.3) is 0 Å². The number of nitrogens with zero attached hydrogens (tertiary/aromatic N) is 3. The number of aromatic nitrogens is 3. The summed E-state index contributed by atoms with van der Waals surface area (Å²) in [7, 11) is 1.92. The Morgan fingerprint density at radius 1 is 1.60 bits per heavy atom. The molecule has 2 rings (SSSR count). The second-order valence-electron chi connectivity index (χ2n) is 4.49. The van der Waals surface area contributed by atoms with Crippen molar-refractivity contribution in [3.8, 4) is 0 Å². The molecule has 1 aromatic rings. The molecule has 84 valence electrons. The monoisotopic (exact) mass is 208 g/mol. The summed E-state index contributed by atoms with van der Waals surface area (Å²) in [5.74, 6) is 0.874. The number of hydrogen-bond donors (Lipinski definition) is 1. The number of hydrogen-bond acceptors (Lipinski definition) is 3. The van der Waals surface area contributed by atoms with Gasteiger partial charge in [0.15, 0.2) is 0 Å². The Hall–Kier alpha value is -0.900. The second kappa shape index (κ2) is 4.75. The van der Waals surface area contributed by atoms with Crippen molar-refractivity contribution in [1.29, 1.82) is 0 Å². The first kappa shape index (κ1) is 10.6. The first-order valence-electron chi connectivity index (χ1n) is 5.88. The van der Waals surface area contributed by atoms with E-state index in [0.29, 0.717) is 6.04 Å². The standard InChI is InChI=1S/C11H20N4/c1-3-6-12-11(9-4-5-9)7-10-8-15(2)14-13-10/h8-9,11-12H,3-7H2,1-2H3. The van der Waals surface area contributed by atoms with Crippen molar-refractivity contribution in [2.45, 2.75) is 38.6 Å². The second-order valence-corrected chi connectivity index (χ2v) is 4.49. The first-order chi connectivity index (χ1) is 7.29. The van der Waals surface area contributed by atoms with Gasteiger partial charge in [0, 0.05) is 25.7 Å². The van der Waals surface area contributed by atoms with Crippen LogP contribution in [0, 0.1) is 5.92 Å². The lowest BCUT2D eigenvalue weighted by atomic mass is 10.1. The van der Waals surface area contributed by atoms with Crippen molar-refractivity contribution in [2.24, 2.45) is 13.0 Å². The van der Waals surface area contributed by atoms with Crippen molar-refractivity contribution in [3.05, 3.63) is 11.9 Å². The van der Waals surface area contributed by atoms with Crippen LogP contribution in [-0.2, 0) is 13.5 Å². The molecule has 0 aliphatic heterocycles. The molecule has 1 fully saturated rings. The third-order valence-corrected chi connectivity index (χ3v) is 2.93. The molecular formula is C11H20N4. The Morgan fingerprint density at radius 2 is 2.40 bits per heavy atom. The molecule has 1 aliphatic carbocycles. The molecule has 1 atom stereocenters. The molecule has 0 bridgehead atoms. The third-order valence-electron chi connectivity index (χ3n) is 2.93. The molecule has 0 amide bonds. The maximum atomic E-state index is 4.15. The van der Waals surface area contributed by atoms with Gasteiger partial charge in [-0.05, 0) is 31.7 Å². The van der Waals surface area contributed by atoms with Crippen LogP contribution in [0.15, 0.2) is 6.20 Å². The lowest BCUT2D eigenvalue weighted by molar-refractivity contribution is 0.456. The minimum atomic E-state index is 0.613. The zero-order chi connectivity index (χ0) is 10.7. The van der Waals surface area contributed by atoms with E-state index in [1.54, 1.807) is 4.68 Å². The van der Waals surface area contributed by atoms with Gasteiger partial charge in [-0.3, -0.25) is 4.68 Å². The summed E-state index contributed by atoms with van der Waals surface area (Å²) >= 11 is 0. The van der Waals surface area contributed by atoms with E-state index >= 15 is 0 Å². The van der Waals surface area contributed by atoms with Crippen LogP contribution in [0.2, 0.25) is 0 Å². The van der Waals surface area contributed by atoms with E-state index in [4.69, 9.17) is 0 Å². The zero-order valence-electron chi connectivity index (χ0n) is 9.61. The van der Waals surface area contributed by atoms with Gasteiger partial charge in [0.05, 0.1) is 5.69 Å². The fourth-order valence-electron chi connectivity index (χ4n) is 1.95. The van der Waals surface area contributed by atoms with Crippen LogP contribution < -0.4 is 5.32 Å². The maximum Gasteiger partial charge on any atom is 0.0842 e. The molecule has 4 heteroatoms. The highest BCUT2D eigenvalue weighted by Crippen LogP contribution is 2.33. The van der Waals surface area contributed by atoms with Crippen molar-refractivity contribution in [1.82, 2.24) is 20.3 Å². The highest BCUT2D eigenvalue weighted by Gasteiger charge is 2.31. The summed E-state index contributed by atoms with van der Waals surface area (Å²) in [6, 6.07) is 0.613. The smallest absolute Gasteiger partial charge is 0.0842 e. The average Bonchev–Trinajstić information content (AvgIpc) is 2.98. The Bertz CT molecular complexity index is 303. The van der Waals surface area contributed by atoms with Gasteiger partial charge >= 0.3 is 0 Å². The Balaban J connectivity index is 1.88. The van der Waals surface area contributed by atoms with Crippen LogP contribution in [0.3, 0.4) is 0 Å². The van der Waals surface area contributed by atoms with Crippen molar-refractivity contribution in [2.75, 3.05) is 6.54 Å². The van der Waals surface area contributed by atoms with Gasteiger partial charge in [-0.25, -0.2) is 0 Å². The molecule has 1 unspecified atom stereocenters. The zero-order valence-corrected chi connectivity index (χ0v) is 9.61. The molecule has 4 nitrogen and oxygen atoms in total. The molecule has 1 aliphatic rings. The summed E-state index contributed by atoms with van der Waals surface area (Å²) in [5.41, 5.74) is 1.11. The van der Waals surface area contributed by atoms with E-state index in [1.165, 1.54) is 19.3 Å². The minimum absolute atomic E-state index is 0.613. The number of nitrogens with one attached hydrogen (secondary N) is 1. The number of aryl methyl sites for hydroxylation is 1. The van der Waals surface area contributed by atoms with E-state index in [-0.39, 0.29) is 0 Å². The van der Waals surface area contributed by atoms with Crippen molar-refractivity contribution >= 4 is 0 Å². The normalized spacial score (nSPS) is 18.0. The van der Waals surface area contributed by atoms with E-state index < -0.39 is 0 Å². The molecule has 0 spiro atoms. The van der Waals surface area contributed by atoms with Gasteiger partial charge in [0.1, 0.15) is 0 Å². The van der Waals surface area contributed by atoms with Crippen LogP contribution in [0.25, 0.3) is 0 Å². The lowest BCUT2D eigenvalue weighted by Crippen LogP contribution is -2.33. The highest BCUT2D eigenvalue weighted by atomic mass is 15.4. The summed E-state index contributed by atoms with van der Waals surface area (Å²) in [6.07, 6.45) is 6.99. The Morgan fingerprint density at radius 3 is 2.93 bits per heavy atom. The third kappa shape index (κ3) is 3.02. The van der Waals surface area contributed by atoms with Crippen LogP contribution in [0.5, 0.6) is 0 Å².